The summed E-state index contributed by atoms with van der Waals surface area (Å²) in [5.41, 5.74) is 5.93. The third-order valence-corrected chi connectivity index (χ3v) is 4.29. The smallest absolute Gasteiger partial charge is 0.214 e. The Kier molecular flexibility index (Phi) is 4.56. The molecule has 0 aliphatic heterocycles. The van der Waals surface area contributed by atoms with Crippen LogP contribution >= 0.6 is 0 Å². The first-order valence-corrected chi connectivity index (χ1v) is 8.49. The first-order valence-electron chi connectivity index (χ1n) is 8.49. The molecule has 5 nitrogen and oxygen atoms in total. The van der Waals surface area contributed by atoms with E-state index in [1.54, 1.807) is 36.4 Å². The molecule has 0 amide bonds. The average molecular weight is 363 g/mol. The maximum atomic E-state index is 13.5. The fraction of sp³-hybridized carbons (Fsp3) is 0.143. The molecule has 0 aliphatic rings. The Morgan fingerprint density at radius 1 is 0.963 bits per heavy atom. The molecule has 4 aromatic rings. The summed E-state index contributed by atoms with van der Waals surface area (Å²) in [6.07, 6.45) is 3.45. The van der Waals surface area contributed by atoms with Crippen LogP contribution < -0.4 is 4.84 Å². The van der Waals surface area contributed by atoms with Crippen LogP contribution in [0.3, 0.4) is 0 Å². The minimum atomic E-state index is -0.285. The van der Waals surface area contributed by atoms with Crippen molar-refractivity contribution in [1.82, 2.24) is 14.7 Å². The molecule has 0 bridgehead atoms. The van der Waals surface area contributed by atoms with Crippen LogP contribution in [0.1, 0.15) is 5.69 Å². The van der Waals surface area contributed by atoms with E-state index in [1.807, 2.05) is 31.2 Å². The van der Waals surface area contributed by atoms with Crippen molar-refractivity contribution in [3.63, 3.8) is 0 Å². The zero-order valence-electron chi connectivity index (χ0n) is 15.0. The number of aromatic nitrogens is 3. The van der Waals surface area contributed by atoms with Gasteiger partial charge in [0, 0.05) is 36.3 Å². The van der Waals surface area contributed by atoms with Crippen LogP contribution in [0.25, 0.3) is 33.4 Å². The second kappa shape index (κ2) is 7.17. The Morgan fingerprint density at radius 3 is 2.41 bits per heavy atom. The topological polar surface area (TPSA) is 49.2 Å². The van der Waals surface area contributed by atoms with Gasteiger partial charge >= 0.3 is 0 Å². The van der Waals surface area contributed by atoms with E-state index < -0.39 is 0 Å². The Balaban J connectivity index is 2.09. The van der Waals surface area contributed by atoms with Crippen molar-refractivity contribution >= 4 is 11.0 Å². The fourth-order valence-corrected chi connectivity index (χ4v) is 3.13. The van der Waals surface area contributed by atoms with E-state index in [0.717, 1.165) is 39.1 Å². The number of fused-ring (bicyclic) bond motifs is 1. The van der Waals surface area contributed by atoms with Crippen molar-refractivity contribution in [2.24, 2.45) is 0 Å². The Labute approximate surface area is 156 Å². The van der Waals surface area contributed by atoms with Gasteiger partial charge in [-0.05, 0) is 48.9 Å². The summed E-state index contributed by atoms with van der Waals surface area (Å²) in [6.45, 7) is 2.02. The van der Waals surface area contributed by atoms with Crippen molar-refractivity contribution in [1.29, 1.82) is 0 Å². The highest BCUT2D eigenvalue weighted by Crippen LogP contribution is 2.39. The summed E-state index contributed by atoms with van der Waals surface area (Å²) >= 11 is 0. The first kappa shape index (κ1) is 17.2. The van der Waals surface area contributed by atoms with Crippen molar-refractivity contribution in [2.45, 2.75) is 6.92 Å². The van der Waals surface area contributed by atoms with Gasteiger partial charge in [0.15, 0.2) is 0 Å². The van der Waals surface area contributed by atoms with Crippen molar-refractivity contribution in [3.8, 4) is 22.4 Å². The lowest BCUT2D eigenvalue weighted by molar-refractivity contribution is -0.0315. The Bertz CT molecular complexity index is 1080. The summed E-state index contributed by atoms with van der Waals surface area (Å²) in [5.74, 6) is -0.285. The molecule has 0 fully saturated rings. The van der Waals surface area contributed by atoms with E-state index in [-0.39, 0.29) is 12.6 Å². The minimum Gasteiger partial charge on any atom is -0.385 e. The molecule has 0 radical (unpaired) electrons. The van der Waals surface area contributed by atoms with Crippen LogP contribution in [0.15, 0.2) is 60.9 Å². The third-order valence-electron chi connectivity index (χ3n) is 4.29. The van der Waals surface area contributed by atoms with Gasteiger partial charge in [-0.3, -0.25) is 9.97 Å². The van der Waals surface area contributed by atoms with E-state index in [2.05, 4.69) is 4.98 Å². The van der Waals surface area contributed by atoms with Crippen molar-refractivity contribution in [2.75, 3.05) is 13.9 Å². The largest absolute Gasteiger partial charge is 0.385 e. The molecule has 0 spiro atoms. The number of hydrogen-bond donors (Lipinski definition) is 0. The molecule has 27 heavy (non-hydrogen) atoms. The SMILES string of the molecule is COCOn1c(-c2ccncc2)c(-c2ccc(F)cc2)c2nc(C)ccc21. The van der Waals surface area contributed by atoms with Crippen LogP contribution in [0.5, 0.6) is 0 Å². The second-order valence-electron chi connectivity index (χ2n) is 6.12. The van der Waals surface area contributed by atoms with Crippen LogP contribution in [0, 0.1) is 12.7 Å². The van der Waals surface area contributed by atoms with E-state index in [0.29, 0.717) is 0 Å². The zero-order valence-corrected chi connectivity index (χ0v) is 15.0. The van der Waals surface area contributed by atoms with Gasteiger partial charge in [0.2, 0.25) is 6.79 Å². The number of aryl methyl sites for hydroxylation is 1. The monoisotopic (exact) mass is 363 g/mol. The van der Waals surface area contributed by atoms with Gasteiger partial charge in [0.1, 0.15) is 16.9 Å². The predicted octanol–water partition coefficient (Wildman–Crippen LogP) is 4.25. The van der Waals surface area contributed by atoms with Gasteiger partial charge in [-0.2, -0.15) is 4.73 Å². The summed E-state index contributed by atoms with van der Waals surface area (Å²) < 4.78 is 20.3. The summed E-state index contributed by atoms with van der Waals surface area (Å²) in [7, 11) is 1.57. The molecule has 4 rings (SSSR count). The summed E-state index contributed by atoms with van der Waals surface area (Å²) in [6, 6.07) is 14.1. The lowest BCUT2D eigenvalue weighted by Gasteiger charge is -2.12. The molecular formula is C21H18FN3O2. The minimum absolute atomic E-state index is 0.0819. The molecule has 3 aromatic heterocycles. The van der Waals surface area contributed by atoms with Gasteiger partial charge in [-0.1, -0.05) is 12.1 Å². The molecule has 0 unspecified atom stereocenters. The van der Waals surface area contributed by atoms with Crippen LogP contribution in [0.4, 0.5) is 4.39 Å². The molecule has 3 heterocycles. The van der Waals surface area contributed by atoms with E-state index in [9.17, 15) is 4.39 Å². The van der Waals surface area contributed by atoms with E-state index in [4.69, 9.17) is 14.6 Å². The number of rotatable bonds is 5. The maximum absolute atomic E-state index is 13.5. The van der Waals surface area contributed by atoms with Crippen LogP contribution in [0.2, 0.25) is 0 Å². The number of benzene rings is 1. The zero-order chi connectivity index (χ0) is 18.8. The second-order valence-corrected chi connectivity index (χ2v) is 6.12. The molecule has 1 aromatic carbocycles. The first-order chi connectivity index (χ1) is 13.2. The van der Waals surface area contributed by atoms with Gasteiger partial charge in [0.25, 0.3) is 0 Å². The standard InChI is InChI=1S/C21H18FN3O2/c1-14-3-8-18-20(24-14)19(15-4-6-17(22)7-5-15)21(25(18)27-13-26-2)16-9-11-23-12-10-16/h3-12H,13H2,1-2H3. The highest BCUT2D eigenvalue weighted by atomic mass is 19.1. The Morgan fingerprint density at radius 2 is 1.70 bits per heavy atom. The number of methoxy groups -OCH3 is 1. The highest BCUT2D eigenvalue weighted by molar-refractivity contribution is 6.02. The van der Waals surface area contributed by atoms with Gasteiger partial charge in [0.05, 0.1) is 5.69 Å². The van der Waals surface area contributed by atoms with E-state index >= 15 is 0 Å². The normalized spacial score (nSPS) is 11.1. The van der Waals surface area contributed by atoms with Crippen molar-refractivity contribution in [3.05, 3.63) is 72.4 Å². The fourth-order valence-electron chi connectivity index (χ4n) is 3.13. The molecular weight excluding hydrogens is 345 g/mol. The summed E-state index contributed by atoms with van der Waals surface area (Å²) in [4.78, 5) is 14.7. The maximum Gasteiger partial charge on any atom is 0.214 e. The summed E-state index contributed by atoms with van der Waals surface area (Å²) in [5, 5.41) is 0. The molecule has 0 saturated heterocycles. The molecule has 0 saturated carbocycles. The lowest BCUT2D eigenvalue weighted by atomic mass is 10.0. The third kappa shape index (κ3) is 3.15. The van der Waals surface area contributed by atoms with Gasteiger partial charge in [-0.15, -0.1) is 0 Å². The highest BCUT2D eigenvalue weighted by Gasteiger charge is 2.22. The lowest BCUT2D eigenvalue weighted by Crippen LogP contribution is -2.15. The predicted molar refractivity (Wildman–Crippen MR) is 102 cm³/mol. The average Bonchev–Trinajstić information content (AvgIpc) is 3.01. The molecule has 0 aliphatic carbocycles. The van der Waals surface area contributed by atoms with Crippen molar-refractivity contribution < 1.29 is 14.0 Å². The Hall–Kier alpha value is -3.25. The number of hydrogen-bond acceptors (Lipinski definition) is 4. The number of nitrogens with zero attached hydrogens (tertiary/aromatic N) is 3. The van der Waals surface area contributed by atoms with Crippen LogP contribution in [-0.4, -0.2) is 28.6 Å². The van der Waals surface area contributed by atoms with Crippen LogP contribution in [-0.2, 0) is 4.74 Å². The number of ether oxygens (including phenoxy) is 1. The molecule has 0 N–H and O–H groups in total. The van der Waals surface area contributed by atoms with Gasteiger partial charge < -0.3 is 9.57 Å². The van der Waals surface area contributed by atoms with Gasteiger partial charge in [-0.25, -0.2) is 4.39 Å². The number of halogens is 1. The van der Waals surface area contributed by atoms with E-state index in [1.165, 1.54) is 12.1 Å². The quantitative estimate of drug-likeness (QED) is 0.498. The number of pyridine rings is 2. The molecule has 6 heteroatoms. The molecule has 136 valence electrons. The molecule has 0 atom stereocenters.